The van der Waals surface area contributed by atoms with Crippen LogP contribution in [0.15, 0.2) is 328 Å². The fourth-order valence-electron chi connectivity index (χ4n) is 13.2. The van der Waals surface area contributed by atoms with E-state index in [4.69, 9.17) is 4.74 Å². The van der Waals surface area contributed by atoms with Crippen LogP contribution in [0.4, 0.5) is 0 Å². The summed E-state index contributed by atoms with van der Waals surface area (Å²) in [5.41, 5.74) is 21.0. The van der Waals surface area contributed by atoms with Crippen molar-refractivity contribution in [2.75, 3.05) is 0 Å². The minimum absolute atomic E-state index is 0.781. The molecule has 0 spiro atoms. The monoisotopic (exact) mass is 1110 g/mol. The molecule has 2 aromatic heterocycles. The van der Waals surface area contributed by atoms with Gasteiger partial charge in [0.1, 0.15) is 11.5 Å². The molecule has 0 aliphatic heterocycles. The van der Waals surface area contributed by atoms with Gasteiger partial charge in [-0.2, -0.15) is 0 Å². The zero-order valence-electron chi connectivity index (χ0n) is 47.6. The van der Waals surface area contributed by atoms with Crippen molar-refractivity contribution in [3.05, 3.63) is 361 Å². The van der Waals surface area contributed by atoms with Crippen molar-refractivity contribution in [2.45, 2.75) is 0 Å². The van der Waals surface area contributed by atoms with Gasteiger partial charge in [-0.1, -0.05) is 255 Å². The van der Waals surface area contributed by atoms with Gasteiger partial charge in [0.25, 0.3) is 0 Å². The van der Waals surface area contributed by atoms with Crippen molar-refractivity contribution in [1.29, 1.82) is 0 Å². The summed E-state index contributed by atoms with van der Waals surface area (Å²) in [6, 6.07) is 118. The van der Waals surface area contributed by atoms with Gasteiger partial charge in [-0.05, 0) is 163 Å². The normalized spacial score (nSPS) is 11.4. The van der Waals surface area contributed by atoms with Gasteiger partial charge in [0.05, 0.1) is 33.4 Å². The fraction of sp³-hybridized carbons (Fsp3) is 0. The number of benzene rings is 14. The molecule has 3 nitrogen and oxygen atoms in total. The Morgan fingerprint density at radius 1 is 0.241 bits per heavy atom. The highest BCUT2D eigenvalue weighted by Crippen LogP contribution is 2.42. The van der Waals surface area contributed by atoms with Crippen LogP contribution in [0.2, 0.25) is 0 Å². The molecule has 3 heteroatoms. The molecule has 0 fully saturated rings. The van der Waals surface area contributed by atoms with E-state index in [0.29, 0.717) is 0 Å². The highest BCUT2D eigenvalue weighted by Gasteiger charge is 2.20. The third-order valence-corrected chi connectivity index (χ3v) is 17.2. The van der Waals surface area contributed by atoms with Crippen molar-refractivity contribution >= 4 is 88.5 Å². The summed E-state index contributed by atoms with van der Waals surface area (Å²) in [6.45, 7) is 0. The first-order chi connectivity index (χ1) is 43.1. The molecule has 16 rings (SSSR count). The molecule has 0 saturated heterocycles. The Hall–Kier alpha value is -11.5. The first-order valence-electron chi connectivity index (χ1n) is 29.8. The third kappa shape index (κ3) is 9.36. The summed E-state index contributed by atoms with van der Waals surface area (Å²) >= 11 is 0. The summed E-state index contributed by atoms with van der Waals surface area (Å²) < 4.78 is 11.4. The summed E-state index contributed by atoms with van der Waals surface area (Å²) in [5, 5.41) is 9.64. The van der Waals surface area contributed by atoms with Gasteiger partial charge >= 0.3 is 0 Å². The Morgan fingerprint density at radius 3 is 0.920 bits per heavy atom. The second-order valence-electron chi connectivity index (χ2n) is 22.3. The van der Waals surface area contributed by atoms with Crippen LogP contribution in [0, 0.1) is 0 Å². The Labute approximate surface area is 505 Å². The molecule has 0 atom stereocenters. The Balaban J connectivity index is 0.682. The maximum Gasteiger partial charge on any atom is 0.127 e. The molecule has 0 aliphatic carbocycles. The van der Waals surface area contributed by atoms with E-state index in [1.54, 1.807) is 0 Å². The molecule has 0 radical (unpaired) electrons. The number of hydrogen-bond acceptors (Lipinski definition) is 1. The van der Waals surface area contributed by atoms with E-state index in [0.717, 1.165) is 45.1 Å². The minimum atomic E-state index is 0.781. The number of hydrogen-bond donors (Lipinski definition) is 0. The predicted molar refractivity (Wildman–Crippen MR) is 367 cm³/mol. The van der Waals surface area contributed by atoms with Gasteiger partial charge in [0.2, 0.25) is 0 Å². The van der Waals surface area contributed by atoms with Crippen LogP contribution < -0.4 is 4.74 Å². The average Bonchev–Trinajstić information content (AvgIpc) is 2.26. The van der Waals surface area contributed by atoms with Gasteiger partial charge in [-0.25, -0.2) is 0 Å². The quantitative estimate of drug-likeness (QED) is 0.112. The molecule has 0 bridgehead atoms. The van der Waals surface area contributed by atoms with Gasteiger partial charge in [0.15, 0.2) is 0 Å². The average molecular weight is 1110 g/mol. The molecular formula is C84H56N2O. The molecule has 408 valence electrons. The van der Waals surface area contributed by atoms with Gasteiger partial charge < -0.3 is 13.9 Å². The van der Waals surface area contributed by atoms with Gasteiger partial charge in [-0.3, -0.25) is 0 Å². The van der Waals surface area contributed by atoms with E-state index >= 15 is 0 Å². The van der Waals surface area contributed by atoms with Crippen LogP contribution in [0.5, 0.6) is 11.5 Å². The highest BCUT2D eigenvalue weighted by molar-refractivity contribution is 6.14. The Kier molecular flexibility index (Phi) is 12.9. The zero-order chi connectivity index (χ0) is 57.6. The van der Waals surface area contributed by atoms with Gasteiger partial charge in [0, 0.05) is 32.3 Å². The lowest BCUT2D eigenvalue weighted by Crippen LogP contribution is -1.96. The maximum atomic E-state index is 6.57. The SMILES string of the molecule is C(=C(c1ccccc1)c1ccccc1)c1ccc2c(c1)c1ccccc1n2-c1ccc(-c2ccc(Oc3ccc(-c4ccc(-n5c6ccccc6c6cc(C=C(c7ccccc7)c7ccccc7)ccc65)c5ccccc45)cc3)cc2)c2ccccc12. The Bertz CT molecular complexity index is 4890. The van der Waals surface area contributed by atoms with Crippen LogP contribution in [0.25, 0.3) is 122 Å². The number of fused-ring (bicyclic) bond motifs is 8. The van der Waals surface area contributed by atoms with Crippen molar-refractivity contribution in [3.63, 3.8) is 0 Å². The molecule has 16 aromatic rings. The third-order valence-electron chi connectivity index (χ3n) is 17.2. The Morgan fingerprint density at radius 2 is 0.552 bits per heavy atom. The number of ether oxygens (including phenoxy) is 1. The predicted octanol–water partition coefficient (Wildman–Crippen LogP) is 22.5. The summed E-state index contributed by atoms with van der Waals surface area (Å²) in [5.74, 6) is 1.56. The molecule has 0 saturated carbocycles. The van der Waals surface area contributed by atoms with E-state index < -0.39 is 0 Å². The second-order valence-corrected chi connectivity index (χ2v) is 22.3. The minimum Gasteiger partial charge on any atom is -0.457 e. The largest absolute Gasteiger partial charge is 0.457 e. The van der Waals surface area contributed by atoms with Crippen LogP contribution >= 0.6 is 0 Å². The topological polar surface area (TPSA) is 19.1 Å². The first kappa shape index (κ1) is 51.1. The first-order valence-corrected chi connectivity index (χ1v) is 29.8. The lowest BCUT2D eigenvalue weighted by atomic mass is 9.95. The van der Waals surface area contributed by atoms with Crippen LogP contribution in [-0.4, -0.2) is 9.13 Å². The molecule has 0 N–H and O–H groups in total. The lowest BCUT2D eigenvalue weighted by Gasteiger charge is -2.16. The molecule has 0 unspecified atom stereocenters. The van der Waals surface area contributed by atoms with Crippen molar-refractivity contribution in [2.24, 2.45) is 0 Å². The molecule has 87 heavy (non-hydrogen) atoms. The van der Waals surface area contributed by atoms with Crippen molar-refractivity contribution in [1.82, 2.24) is 9.13 Å². The second kappa shape index (κ2) is 21.9. The van der Waals surface area contributed by atoms with Crippen molar-refractivity contribution in [3.8, 4) is 45.1 Å². The highest BCUT2D eigenvalue weighted by atomic mass is 16.5. The van der Waals surface area contributed by atoms with E-state index in [2.05, 4.69) is 349 Å². The number of rotatable bonds is 12. The van der Waals surface area contributed by atoms with E-state index in [-0.39, 0.29) is 0 Å². The lowest BCUT2D eigenvalue weighted by molar-refractivity contribution is 0.483. The molecule has 14 aromatic carbocycles. The summed E-state index contributed by atoms with van der Waals surface area (Å²) in [4.78, 5) is 0. The molecule has 0 aliphatic rings. The fourth-order valence-corrected chi connectivity index (χ4v) is 13.2. The number of nitrogens with zero attached hydrogens (tertiary/aromatic N) is 2. The molecule has 2 heterocycles. The van der Waals surface area contributed by atoms with E-state index in [1.165, 1.54) is 110 Å². The smallest absolute Gasteiger partial charge is 0.127 e. The van der Waals surface area contributed by atoms with Crippen LogP contribution in [0.3, 0.4) is 0 Å². The van der Waals surface area contributed by atoms with Gasteiger partial charge in [-0.15, -0.1) is 0 Å². The maximum absolute atomic E-state index is 6.57. The number of aromatic nitrogens is 2. The number of para-hydroxylation sites is 2. The standard InChI is InChI=1S/C84H56N2O/c1-5-21-59(22-6-1)75(60-23-7-2-8-24-60)53-57-37-49-83-77(55-57)73-33-17-19-35-79(73)85(83)81-51-47-67(69-29-13-15-31-71(69)81)63-39-43-65(44-40-63)87-66-45-41-64(42-46-66)68-48-52-82(72-32-16-14-30-70(68)72)86-80-36-20-18-34-74(80)78-56-58(38-50-84(78)86)54-76(61-25-9-3-10-26-61)62-27-11-4-12-28-62/h1-56H. The van der Waals surface area contributed by atoms with E-state index in [1.807, 2.05) is 0 Å². The van der Waals surface area contributed by atoms with Crippen LogP contribution in [0.1, 0.15) is 33.4 Å². The zero-order valence-corrected chi connectivity index (χ0v) is 47.6. The molecule has 0 amide bonds. The summed E-state index contributed by atoms with van der Waals surface area (Å²) in [6.07, 6.45) is 4.65. The summed E-state index contributed by atoms with van der Waals surface area (Å²) in [7, 11) is 0. The van der Waals surface area contributed by atoms with Crippen LogP contribution in [-0.2, 0) is 0 Å². The van der Waals surface area contributed by atoms with E-state index in [9.17, 15) is 0 Å². The molecular weight excluding hydrogens is 1050 g/mol. The van der Waals surface area contributed by atoms with Crippen molar-refractivity contribution < 1.29 is 4.74 Å².